The number of benzene rings is 1. The lowest BCUT2D eigenvalue weighted by Crippen LogP contribution is -2.55. The van der Waals surface area contributed by atoms with Gasteiger partial charge in [-0.25, -0.2) is 14.2 Å². The van der Waals surface area contributed by atoms with Crippen LogP contribution in [0.1, 0.15) is 51.5 Å². The number of hydrogen-bond donors (Lipinski definition) is 2. The van der Waals surface area contributed by atoms with E-state index in [4.69, 9.17) is 9.47 Å². The largest absolute Gasteiger partial charge is 0.486 e. The topological polar surface area (TPSA) is 148 Å². The van der Waals surface area contributed by atoms with Gasteiger partial charge in [-0.05, 0) is 62.6 Å². The normalized spacial score (nSPS) is 23.6. The van der Waals surface area contributed by atoms with Gasteiger partial charge < -0.3 is 20.1 Å². The molecule has 14 heteroatoms. The zero-order valence-electron chi connectivity index (χ0n) is 23.3. The summed E-state index contributed by atoms with van der Waals surface area (Å²) < 4.78 is 28.9. The molecule has 0 spiro atoms. The molecule has 3 aromatic rings. The molecule has 1 aromatic carbocycles. The van der Waals surface area contributed by atoms with Gasteiger partial charge in [-0.2, -0.15) is 19.6 Å². The van der Waals surface area contributed by atoms with Crippen molar-refractivity contribution in [2.24, 2.45) is 7.05 Å². The molecule has 3 aliphatic rings. The zero-order valence-corrected chi connectivity index (χ0v) is 23.3. The van der Waals surface area contributed by atoms with Crippen molar-refractivity contribution in [3.8, 4) is 17.5 Å². The Kier molecular flexibility index (Phi) is 7.08. The first-order chi connectivity index (χ1) is 19.7. The number of fused-ring (bicyclic) bond motifs is 1. The van der Waals surface area contributed by atoms with Gasteiger partial charge in [0.2, 0.25) is 5.95 Å². The average Bonchev–Trinajstić information content (AvgIpc) is 3.69. The predicted molar refractivity (Wildman–Crippen MR) is 147 cm³/mol. The summed E-state index contributed by atoms with van der Waals surface area (Å²) in [5.74, 6) is -0.0185. The van der Waals surface area contributed by atoms with Crippen molar-refractivity contribution in [1.82, 2.24) is 34.7 Å². The highest BCUT2D eigenvalue weighted by Gasteiger charge is 2.43. The Morgan fingerprint density at radius 3 is 2.85 bits per heavy atom. The molecule has 0 saturated carbocycles. The number of tetrazole rings is 1. The summed E-state index contributed by atoms with van der Waals surface area (Å²) >= 11 is 0. The molecule has 13 nitrogen and oxygen atoms in total. The fourth-order valence-electron chi connectivity index (χ4n) is 6.22. The summed E-state index contributed by atoms with van der Waals surface area (Å²) in [6.07, 6.45) is 5.99. The van der Waals surface area contributed by atoms with Crippen molar-refractivity contribution in [2.45, 2.75) is 69.7 Å². The maximum Gasteiger partial charge on any atom is 0.368 e. The highest BCUT2D eigenvalue weighted by atomic mass is 19.1. The number of piperidine rings is 1. The highest BCUT2D eigenvalue weighted by Crippen LogP contribution is 2.39. The Morgan fingerprint density at radius 2 is 2.12 bits per heavy atom. The van der Waals surface area contributed by atoms with Gasteiger partial charge in [0, 0.05) is 37.2 Å². The molecule has 2 aromatic heterocycles. The Labute approximate surface area is 236 Å². The predicted octanol–water partition coefficient (Wildman–Crippen LogP) is 2.50. The van der Waals surface area contributed by atoms with E-state index in [0.717, 1.165) is 35.2 Å². The monoisotopic (exact) mass is 564 g/mol. The third-order valence-corrected chi connectivity index (χ3v) is 8.13. The molecule has 3 aliphatic heterocycles. The van der Waals surface area contributed by atoms with Crippen LogP contribution in [0.2, 0.25) is 0 Å². The smallest absolute Gasteiger partial charge is 0.368 e. The van der Waals surface area contributed by atoms with Crippen molar-refractivity contribution >= 4 is 17.5 Å². The standard InChI is InChI=1S/C27H33FN10O3/c1-27(2)12-17(9-18-5-4-7-37(18)27)31-24-16(13-29)14-30-25(33-24)32-21-11-22(38-26(39)36(3)34-35-38)23(10-20(21)28)41-19-6-8-40-15-19/h10-11,14,17-19H,4-9,12,15H2,1-3H3,(H2,30,31,32,33)/t17-,18+,19?/m1/s1. The van der Waals surface area contributed by atoms with Gasteiger partial charge in [-0.15, -0.1) is 0 Å². The molecular weight excluding hydrogens is 531 g/mol. The van der Waals surface area contributed by atoms with Crippen LogP contribution in [0.15, 0.2) is 23.1 Å². The van der Waals surface area contributed by atoms with Crippen LogP contribution < -0.4 is 21.1 Å². The van der Waals surface area contributed by atoms with Gasteiger partial charge in [0.05, 0.1) is 25.1 Å². The van der Waals surface area contributed by atoms with E-state index in [1.807, 2.05) is 0 Å². The second-order valence-electron chi connectivity index (χ2n) is 11.5. The summed E-state index contributed by atoms with van der Waals surface area (Å²) in [5, 5.41) is 23.8. The van der Waals surface area contributed by atoms with E-state index in [1.165, 1.54) is 31.8 Å². The lowest BCUT2D eigenvalue weighted by molar-refractivity contribution is 0.0501. The Hall–Kier alpha value is -4.09. The third-order valence-electron chi connectivity index (χ3n) is 8.13. The number of aromatic nitrogens is 6. The molecule has 3 saturated heterocycles. The Bertz CT molecular complexity index is 1540. The van der Waals surface area contributed by atoms with Gasteiger partial charge in [0.15, 0.2) is 5.82 Å². The molecular formula is C27H33FN10O3. The van der Waals surface area contributed by atoms with Crippen LogP contribution >= 0.6 is 0 Å². The van der Waals surface area contributed by atoms with Gasteiger partial charge in [0.1, 0.15) is 35.0 Å². The van der Waals surface area contributed by atoms with Crippen LogP contribution in [-0.4, -0.2) is 78.1 Å². The second kappa shape index (κ2) is 10.7. The van der Waals surface area contributed by atoms with Gasteiger partial charge in [-0.3, -0.25) is 4.90 Å². The fourth-order valence-corrected chi connectivity index (χ4v) is 6.22. The Morgan fingerprint density at radius 1 is 1.27 bits per heavy atom. The van der Waals surface area contributed by atoms with Gasteiger partial charge in [0.25, 0.3) is 0 Å². The fraction of sp³-hybridized carbons (Fsp3) is 0.556. The molecule has 216 valence electrons. The molecule has 0 radical (unpaired) electrons. The van der Waals surface area contributed by atoms with E-state index in [1.54, 1.807) is 0 Å². The van der Waals surface area contributed by atoms with Gasteiger partial charge >= 0.3 is 5.69 Å². The van der Waals surface area contributed by atoms with Crippen molar-refractivity contribution in [2.75, 3.05) is 30.4 Å². The average molecular weight is 565 g/mol. The van der Waals surface area contributed by atoms with Crippen LogP contribution in [0.5, 0.6) is 5.75 Å². The molecule has 1 unspecified atom stereocenters. The van der Waals surface area contributed by atoms with E-state index in [0.29, 0.717) is 37.1 Å². The lowest BCUT2D eigenvalue weighted by Gasteiger charge is -2.47. The van der Waals surface area contributed by atoms with Crippen LogP contribution in [-0.2, 0) is 11.8 Å². The van der Waals surface area contributed by atoms with Gasteiger partial charge in [-0.1, -0.05) is 0 Å². The lowest BCUT2D eigenvalue weighted by atomic mass is 9.84. The maximum atomic E-state index is 15.4. The minimum absolute atomic E-state index is 0.00336. The molecule has 2 N–H and O–H groups in total. The number of anilines is 3. The number of nitrogens with zero attached hydrogens (tertiary/aromatic N) is 8. The first kappa shape index (κ1) is 27.1. The van der Waals surface area contributed by atoms with Crippen molar-refractivity contribution in [3.05, 3.63) is 40.2 Å². The highest BCUT2D eigenvalue weighted by molar-refractivity contribution is 5.64. The van der Waals surface area contributed by atoms with Crippen LogP contribution in [0, 0.1) is 17.1 Å². The van der Waals surface area contributed by atoms with E-state index >= 15 is 4.39 Å². The molecule has 6 rings (SSSR count). The summed E-state index contributed by atoms with van der Waals surface area (Å²) in [6, 6.07) is 5.37. The number of aryl methyl sites for hydroxylation is 1. The molecule has 3 fully saturated rings. The summed E-state index contributed by atoms with van der Waals surface area (Å²) in [6.45, 7) is 6.53. The van der Waals surface area contributed by atoms with Crippen molar-refractivity contribution in [3.63, 3.8) is 0 Å². The van der Waals surface area contributed by atoms with Crippen molar-refractivity contribution < 1.29 is 13.9 Å². The maximum absolute atomic E-state index is 15.4. The molecule has 3 atom stereocenters. The number of ether oxygens (including phenoxy) is 2. The number of hydrogen-bond acceptors (Lipinski definition) is 11. The third kappa shape index (κ3) is 5.34. The molecule has 5 heterocycles. The quantitative estimate of drug-likeness (QED) is 0.436. The summed E-state index contributed by atoms with van der Waals surface area (Å²) in [5.41, 5.74) is 0.0224. The SMILES string of the molecule is Cn1nnn(-c2cc(Nc3ncc(C#N)c(N[C@@H]4C[C@@H]5CCCN5C(C)(C)C4)n3)c(F)cc2OC2CCOC2)c1=O. The van der Waals surface area contributed by atoms with E-state index < -0.39 is 11.5 Å². The minimum Gasteiger partial charge on any atom is -0.486 e. The second-order valence-corrected chi connectivity index (χ2v) is 11.5. The number of halogens is 1. The van der Waals surface area contributed by atoms with E-state index in [9.17, 15) is 10.1 Å². The minimum atomic E-state index is -0.641. The Balaban J connectivity index is 1.29. The molecule has 0 amide bonds. The number of nitriles is 1. The van der Waals surface area contributed by atoms with E-state index in [2.05, 4.69) is 55.8 Å². The first-order valence-corrected chi connectivity index (χ1v) is 13.9. The van der Waals surface area contributed by atoms with Crippen molar-refractivity contribution in [1.29, 1.82) is 5.26 Å². The molecule has 0 bridgehead atoms. The summed E-state index contributed by atoms with van der Waals surface area (Å²) in [4.78, 5) is 24.1. The van der Waals surface area contributed by atoms with Crippen LogP contribution in [0.4, 0.5) is 21.8 Å². The van der Waals surface area contributed by atoms with Crippen LogP contribution in [0.3, 0.4) is 0 Å². The van der Waals surface area contributed by atoms with E-state index in [-0.39, 0.29) is 40.8 Å². The number of rotatable bonds is 7. The zero-order chi connectivity index (χ0) is 28.7. The number of nitrogens with one attached hydrogen (secondary N) is 2. The first-order valence-electron chi connectivity index (χ1n) is 13.9. The summed E-state index contributed by atoms with van der Waals surface area (Å²) in [7, 11) is 1.47. The van der Waals surface area contributed by atoms with Crippen LogP contribution in [0.25, 0.3) is 5.69 Å². The molecule has 41 heavy (non-hydrogen) atoms. The molecule has 0 aliphatic carbocycles.